The number of halogens is 1. The number of aromatic nitrogens is 1. The number of carbonyl (C=O) groups is 1. The molecule has 1 amide bonds. The van der Waals surface area contributed by atoms with E-state index >= 15 is 0 Å². The number of hydrogen-bond donors (Lipinski definition) is 1. The van der Waals surface area contributed by atoms with Crippen LogP contribution in [0, 0.1) is 0 Å². The zero-order valence-corrected chi connectivity index (χ0v) is 22.2. The van der Waals surface area contributed by atoms with Gasteiger partial charge in [-0.05, 0) is 30.5 Å². The monoisotopic (exact) mass is 574 g/mol. The number of nitrogens with zero attached hydrogens (tertiary/aromatic N) is 5. The predicted octanol–water partition coefficient (Wildman–Crippen LogP) is 3.49. The van der Waals surface area contributed by atoms with Crippen LogP contribution >= 0.6 is 24.0 Å². The Morgan fingerprint density at radius 2 is 1.68 bits per heavy atom. The lowest BCUT2D eigenvalue weighted by Crippen LogP contribution is -2.50. The number of anilines is 1. The van der Waals surface area contributed by atoms with Gasteiger partial charge in [0.1, 0.15) is 5.82 Å². The molecular formula is C26H35IN6O. The number of benzene rings is 1. The molecule has 0 saturated carbocycles. The average Bonchev–Trinajstić information content (AvgIpc) is 2.88. The number of pyridine rings is 1. The number of piperidine rings is 1. The Morgan fingerprint density at radius 3 is 2.32 bits per heavy atom. The Bertz CT molecular complexity index is 948. The highest BCUT2D eigenvalue weighted by atomic mass is 127. The average molecular weight is 575 g/mol. The molecule has 1 aromatic heterocycles. The summed E-state index contributed by atoms with van der Waals surface area (Å²) >= 11 is 0. The maximum Gasteiger partial charge on any atom is 0.224 e. The first-order valence-corrected chi connectivity index (χ1v) is 11.9. The van der Waals surface area contributed by atoms with Crippen molar-refractivity contribution in [2.75, 3.05) is 57.8 Å². The number of guanidine groups is 1. The third-order valence-corrected chi connectivity index (χ3v) is 6.32. The largest absolute Gasteiger partial charge is 0.356 e. The van der Waals surface area contributed by atoms with Crippen molar-refractivity contribution < 1.29 is 4.79 Å². The van der Waals surface area contributed by atoms with Gasteiger partial charge >= 0.3 is 0 Å². The molecule has 182 valence electrons. The summed E-state index contributed by atoms with van der Waals surface area (Å²) in [6, 6.07) is 16.4. The van der Waals surface area contributed by atoms with Gasteiger partial charge in [-0.15, -0.1) is 24.0 Å². The lowest BCUT2D eigenvalue weighted by molar-refractivity contribution is -0.131. The molecule has 0 aliphatic carbocycles. The number of piperazine rings is 1. The van der Waals surface area contributed by atoms with Gasteiger partial charge < -0.3 is 20.0 Å². The lowest BCUT2D eigenvalue weighted by atomic mass is 10.0. The molecule has 2 aliphatic rings. The highest BCUT2D eigenvalue weighted by Gasteiger charge is 2.22. The van der Waals surface area contributed by atoms with Crippen molar-refractivity contribution in [2.45, 2.75) is 19.3 Å². The molecule has 7 nitrogen and oxygen atoms in total. The molecular weight excluding hydrogens is 539 g/mol. The van der Waals surface area contributed by atoms with Crippen molar-refractivity contribution in [1.82, 2.24) is 20.1 Å². The van der Waals surface area contributed by atoms with Crippen LogP contribution in [0.25, 0.3) is 6.08 Å². The second-order valence-corrected chi connectivity index (χ2v) is 8.48. The summed E-state index contributed by atoms with van der Waals surface area (Å²) < 4.78 is 0. The molecule has 4 rings (SSSR count). The van der Waals surface area contributed by atoms with Gasteiger partial charge in [0.2, 0.25) is 5.91 Å². The van der Waals surface area contributed by atoms with E-state index in [1.165, 1.54) is 11.1 Å². The van der Waals surface area contributed by atoms with E-state index < -0.39 is 0 Å². The van der Waals surface area contributed by atoms with Crippen LogP contribution in [-0.2, 0) is 4.79 Å². The van der Waals surface area contributed by atoms with E-state index in [1.807, 2.05) is 42.4 Å². The first-order chi connectivity index (χ1) is 16.2. The summed E-state index contributed by atoms with van der Waals surface area (Å²) in [5, 5.41) is 3.40. The molecule has 2 aliphatic heterocycles. The quantitative estimate of drug-likeness (QED) is 0.337. The Morgan fingerprint density at radius 1 is 0.971 bits per heavy atom. The van der Waals surface area contributed by atoms with Crippen LogP contribution in [0.2, 0.25) is 0 Å². The molecule has 0 spiro atoms. The van der Waals surface area contributed by atoms with E-state index in [0.717, 1.165) is 63.9 Å². The number of hydrogen-bond acceptors (Lipinski definition) is 4. The zero-order chi connectivity index (χ0) is 22.9. The summed E-state index contributed by atoms with van der Waals surface area (Å²) in [6.45, 7) is 5.63. The van der Waals surface area contributed by atoms with Crippen molar-refractivity contribution >= 4 is 47.7 Å². The molecule has 2 fully saturated rings. The SMILES string of the molecule is CN=C(NCCC(=O)N1CCN(c2ccccn2)CC1)N1CCC(=Cc2ccccc2)CC1.I. The summed E-state index contributed by atoms with van der Waals surface area (Å²) in [7, 11) is 1.82. The summed E-state index contributed by atoms with van der Waals surface area (Å²) in [6.07, 6.45) is 6.67. The van der Waals surface area contributed by atoms with Crippen LogP contribution in [0.4, 0.5) is 5.82 Å². The smallest absolute Gasteiger partial charge is 0.224 e. The van der Waals surface area contributed by atoms with Crippen LogP contribution < -0.4 is 10.2 Å². The minimum absolute atomic E-state index is 0. The fourth-order valence-corrected chi connectivity index (χ4v) is 4.43. The van der Waals surface area contributed by atoms with Crippen molar-refractivity contribution in [2.24, 2.45) is 4.99 Å². The molecule has 0 radical (unpaired) electrons. The zero-order valence-electron chi connectivity index (χ0n) is 19.9. The Kier molecular flexibility index (Phi) is 10.2. The van der Waals surface area contributed by atoms with E-state index in [9.17, 15) is 4.79 Å². The predicted molar refractivity (Wildman–Crippen MR) is 150 cm³/mol. The molecule has 2 saturated heterocycles. The van der Waals surface area contributed by atoms with Gasteiger partial charge in [0.05, 0.1) is 0 Å². The molecule has 3 heterocycles. The third kappa shape index (κ3) is 7.19. The normalized spacial score (nSPS) is 16.7. The molecule has 1 N–H and O–H groups in total. The lowest BCUT2D eigenvalue weighted by Gasteiger charge is -2.35. The fourth-order valence-electron chi connectivity index (χ4n) is 4.43. The van der Waals surface area contributed by atoms with Crippen LogP contribution in [0.5, 0.6) is 0 Å². The first kappa shape index (κ1) is 26.0. The Labute approximate surface area is 220 Å². The van der Waals surface area contributed by atoms with Gasteiger partial charge in [0.15, 0.2) is 5.96 Å². The molecule has 34 heavy (non-hydrogen) atoms. The minimum Gasteiger partial charge on any atom is -0.356 e. The van der Waals surface area contributed by atoms with Gasteiger partial charge in [0, 0.05) is 65.5 Å². The number of rotatable bonds is 5. The standard InChI is InChI=1S/C26H34N6O.HI/c1-27-26(32-15-11-23(12-16-32)21-22-7-3-2-4-8-22)29-14-10-25(33)31-19-17-30(18-20-31)24-9-5-6-13-28-24;/h2-9,13,21H,10-12,14-20H2,1H3,(H,27,29);1H. The molecule has 0 unspecified atom stereocenters. The van der Waals surface area contributed by atoms with Crippen molar-refractivity contribution in [1.29, 1.82) is 0 Å². The number of carbonyl (C=O) groups excluding carboxylic acids is 1. The molecule has 8 heteroatoms. The van der Waals surface area contributed by atoms with Crippen LogP contribution in [0.15, 0.2) is 65.3 Å². The van der Waals surface area contributed by atoms with Gasteiger partial charge in [0.25, 0.3) is 0 Å². The fraction of sp³-hybridized carbons (Fsp3) is 0.423. The highest BCUT2D eigenvalue weighted by molar-refractivity contribution is 14.0. The number of amides is 1. The Balaban J connectivity index is 0.00000324. The van der Waals surface area contributed by atoms with Gasteiger partial charge in [-0.3, -0.25) is 9.79 Å². The summed E-state index contributed by atoms with van der Waals surface area (Å²) in [4.78, 5) is 28.0. The van der Waals surface area contributed by atoms with E-state index in [1.54, 1.807) is 0 Å². The summed E-state index contributed by atoms with van der Waals surface area (Å²) in [5.41, 5.74) is 2.75. The van der Waals surface area contributed by atoms with Crippen molar-refractivity contribution in [3.05, 3.63) is 65.9 Å². The second kappa shape index (κ2) is 13.3. The van der Waals surface area contributed by atoms with Crippen LogP contribution in [0.1, 0.15) is 24.8 Å². The maximum absolute atomic E-state index is 12.7. The van der Waals surface area contributed by atoms with Gasteiger partial charge in [-0.25, -0.2) is 4.98 Å². The molecule has 0 atom stereocenters. The molecule has 1 aromatic carbocycles. The highest BCUT2D eigenvalue weighted by Crippen LogP contribution is 2.19. The van der Waals surface area contributed by atoms with Crippen LogP contribution in [0.3, 0.4) is 0 Å². The number of nitrogens with one attached hydrogen (secondary N) is 1. The van der Waals surface area contributed by atoms with E-state index in [4.69, 9.17) is 0 Å². The Hall–Kier alpha value is -2.62. The molecule has 0 bridgehead atoms. The maximum atomic E-state index is 12.7. The number of aliphatic imine (C=N–C) groups is 1. The van der Waals surface area contributed by atoms with Gasteiger partial charge in [-0.1, -0.05) is 48.0 Å². The van der Waals surface area contributed by atoms with Crippen molar-refractivity contribution in [3.63, 3.8) is 0 Å². The first-order valence-electron chi connectivity index (χ1n) is 11.9. The minimum atomic E-state index is 0. The second-order valence-electron chi connectivity index (χ2n) is 8.48. The topological polar surface area (TPSA) is 64.1 Å². The van der Waals surface area contributed by atoms with Crippen LogP contribution in [-0.4, -0.2) is 79.5 Å². The van der Waals surface area contributed by atoms with E-state index in [-0.39, 0.29) is 29.9 Å². The van der Waals surface area contributed by atoms with Crippen molar-refractivity contribution in [3.8, 4) is 0 Å². The van der Waals surface area contributed by atoms with E-state index in [2.05, 4.69) is 55.4 Å². The molecule has 2 aromatic rings. The van der Waals surface area contributed by atoms with Gasteiger partial charge in [-0.2, -0.15) is 0 Å². The van der Waals surface area contributed by atoms with E-state index in [0.29, 0.717) is 13.0 Å². The number of likely N-dealkylation sites (tertiary alicyclic amines) is 1. The summed E-state index contributed by atoms with van der Waals surface area (Å²) in [5.74, 6) is 2.07. The third-order valence-electron chi connectivity index (χ3n) is 6.32.